The van der Waals surface area contributed by atoms with E-state index in [1.54, 1.807) is 34.9 Å². The first-order chi connectivity index (χ1) is 13.0. The molecule has 0 radical (unpaired) electrons. The maximum absolute atomic E-state index is 13.0. The molecule has 1 aliphatic rings. The second-order valence-electron chi connectivity index (χ2n) is 6.35. The van der Waals surface area contributed by atoms with Crippen molar-refractivity contribution in [3.8, 4) is 0 Å². The molecule has 0 fully saturated rings. The van der Waals surface area contributed by atoms with Crippen molar-refractivity contribution in [1.29, 1.82) is 0 Å². The highest BCUT2D eigenvalue weighted by atomic mass is 35.5. The molecule has 0 aliphatic carbocycles. The SMILES string of the molecule is CCCN(CC(=O)Nc1cc(Cl)ccc1Cl)C(=O)[C@@H]1Cc2ccccc2S1. The quantitative estimate of drug-likeness (QED) is 0.720. The van der Waals surface area contributed by atoms with Gasteiger partial charge in [0.15, 0.2) is 0 Å². The molecule has 0 saturated carbocycles. The molecule has 0 unspecified atom stereocenters. The highest BCUT2D eigenvalue weighted by Gasteiger charge is 2.31. The minimum Gasteiger partial charge on any atom is -0.332 e. The van der Waals surface area contributed by atoms with Crippen molar-refractivity contribution in [2.24, 2.45) is 0 Å². The molecule has 1 heterocycles. The first kappa shape index (κ1) is 20.1. The predicted octanol–water partition coefficient (Wildman–Crippen LogP) is 4.89. The van der Waals surface area contributed by atoms with Gasteiger partial charge in [-0.25, -0.2) is 0 Å². The van der Waals surface area contributed by atoms with Gasteiger partial charge in [0.05, 0.1) is 22.5 Å². The van der Waals surface area contributed by atoms with Crippen LogP contribution in [0.15, 0.2) is 47.4 Å². The third-order valence-electron chi connectivity index (χ3n) is 4.26. The highest BCUT2D eigenvalue weighted by molar-refractivity contribution is 8.01. The van der Waals surface area contributed by atoms with Crippen LogP contribution >= 0.6 is 35.0 Å². The summed E-state index contributed by atoms with van der Waals surface area (Å²) in [6, 6.07) is 12.9. The highest BCUT2D eigenvalue weighted by Crippen LogP contribution is 2.37. The summed E-state index contributed by atoms with van der Waals surface area (Å²) >= 11 is 13.6. The lowest BCUT2D eigenvalue weighted by Crippen LogP contribution is -2.42. The second kappa shape index (κ2) is 9.00. The number of rotatable bonds is 6. The largest absolute Gasteiger partial charge is 0.332 e. The Labute approximate surface area is 173 Å². The zero-order valence-corrected chi connectivity index (χ0v) is 17.2. The lowest BCUT2D eigenvalue weighted by atomic mass is 10.1. The number of benzene rings is 2. The third kappa shape index (κ3) is 4.98. The zero-order valence-electron chi connectivity index (χ0n) is 14.9. The van der Waals surface area contributed by atoms with Crippen LogP contribution in [0.5, 0.6) is 0 Å². The molecule has 1 atom stereocenters. The van der Waals surface area contributed by atoms with Gasteiger partial charge in [0.1, 0.15) is 0 Å². The van der Waals surface area contributed by atoms with Gasteiger partial charge in [0.2, 0.25) is 11.8 Å². The van der Waals surface area contributed by atoms with Crippen LogP contribution in [0.4, 0.5) is 5.69 Å². The summed E-state index contributed by atoms with van der Waals surface area (Å²) in [6.45, 7) is 2.51. The lowest BCUT2D eigenvalue weighted by molar-refractivity contribution is -0.134. The van der Waals surface area contributed by atoms with Crippen molar-refractivity contribution in [3.05, 3.63) is 58.1 Å². The Bertz CT molecular complexity index is 835. The Hall–Kier alpha value is -1.69. The number of anilines is 1. The van der Waals surface area contributed by atoms with Crippen LogP contribution in [0.3, 0.4) is 0 Å². The van der Waals surface area contributed by atoms with Gasteiger partial charge in [0, 0.05) is 16.5 Å². The molecule has 2 aromatic rings. The number of fused-ring (bicyclic) bond motifs is 1. The minimum atomic E-state index is -0.290. The van der Waals surface area contributed by atoms with Gasteiger partial charge in [0.25, 0.3) is 0 Å². The van der Waals surface area contributed by atoms with E-state index in [1.165, 1.54) is 5.56 Å². The molecule has 0 bridgehead atoms. The van der Waals surface area contributed by atoms with Gasteiger partial charge < -0.3 is 10.2 Å². The number of nitrogens with zero attached hydrogens (tertiary/aromatic N) is 1. The van der Waals surface area contributed by atoms with E-state index >= 15 is 0 Å². The van der Waals surface area contributed by atoms with Gasteiger partial charge in [-0.3, -0.25) is 9.59 Å². The van der Waals surface area contributed by atoms with Gasteiger partial charge in [-0.2, -0.15) is 0 Å². The van der Waals surface area contributed by atoms with E-state index in [0.29, 0.717) is 28.7 Å². The van der Waals surface area contributed by atoms with Crippen LogP contribution < -0.4 is 5.32 Å². The van der Waals surface area contributed by atoms with Gasteiger partial charge in [-0.05, 0) is 42.7 Å². The van der Waals surface area contributed by atoms with Crippen molar-refractivity contribution >= 4 is 52.5 Å². The molecular weight excluding hydrogens is 403 g/mol. The zero-order chi connectivity index (χ0) is 19.4. The normalized spacial score (nSPS) is 15.3. The van der Waals surface area contributed by atoms with Crippen molar-refractivity contribution < 1.29 is 9.59 Å². The van der Waals surface area contributed by atoms with Crippen molar-refractivity contribution in [2.75, 3.05) is 18.4 Å². The van der Waals surface area contributed by atoms with E-state index in [9.17, 15) is 9.59 Å². The number of nitrogens with one attached hydrogen (secondary N) is 1. The number of carbonyl (C=O) groups is 2. The Morgan fingerprint density at radius 3 is 2.74 bits per heavy atom. The van der Waals surface area contributed by atoms with Crippen LogP contribution in [0.25, 0.3) is 0 Å². The number of halogens is 2. The van der Waals surface area contributed by atoms with Crippen LogP contribution in [-0.4, -0.2) is 35.1 Å². The molecule has 142 valence electrons. The van der Waals surface area contributed by atoms with Crippen molar-refractivity contribution in [3.63, 3.8) is 0 Å². The number of thioether (sulfide) groups is 1. The standard InChI is InChI=1S/C20H20Cl2N2O2S/c1-2-9-24(12-19(25)23-16-11-14(21)7-8-15(16)22)20(26)18-10-13-5-3-4-6-17(13)27-18/h3-8,11,18H,2,9-10,12H2,1H3,(H,23,25)/t18-/m0/s1. The Kier molecular flexibility index (Phi) is 6.68. The molecule has 2 amide bonds. The maximum atomic E-state index is 13.0. The second-order valence-corrected chi connectivity index (χ2v) is 8.44. The van der Waals surface area contributed by atoms with E-state index in [4.69, 9.17) is 23.2 Å². The van der Waals surface area contributed by atoms with Crippen molar-refractivity contribution in [1.82, 2.24) is 4.90 Å². The average molecular weight is 423 g/mol. The summed E-state index contributed by atoms with van der Waals surface area (Å²) < 4.78 is 0. The predicted molar refractivity (Wildman–Crippen MR) is 112 cm³/mol. The number of carbonyl (C=O) groups excluding carboxylic acids is 2. The molecule has 3 rings (SSSR count). The lowest BCUT2D eigenvalue weighted by Gasteiger charge is -2.24. The third-order valence-corrected chi connectivity index (χ3v) is 6.13. The summed E-state index contributed by atoms with van der Waals surface area (Å²) in [4.78, 5) is 28.2. The van der Waals surface area contributed by atoms with E-state index in [0.717, 1.165) is 11.3 Å². The van der Waals surface area contributed by atoms with Gasteiger partial charge in [-0.1, -0.05) is 48.3 Å². The summed E-state index contributed by atoms with van der Waals surface area (Å²) in [7, 11) is 0. The molecule has 1 N–H and O–H groups in total. The fourth-order valence-electron chi connectivity index (χ4n) is 3.02. The minimum absolute atomic E-state index is 0.00890. The Morgan fingerprint density at radius 1 is 1.22 bits per heavy atom. The molecule has 0 aromatic heterocycles. The topological polar surface area (TPSA) is 49.4 Å². The molecule has 0 saturated heterocycles. The number of hydrogen-bond donors (Lipinski definition) is 1. The van der Waals surface area contributed by atoms with Gasteiger partial charge >= 0.3 is 0 Å². The summed E-state index contributed by atoms with van der Waals surface area (Å²) in [5.74, 6) is -0.299. The van der Waals surface area contributed by atoms with Crippen LogP contribution in [-0.2, 0) is 16.0 Å². The Balaban J connectivity index is 1.66. The summed E-state index contributed by atoms with van der Waals surface area (Å²) in [5, 5.41) is 3.45. The Morgan fingerprint density at radius 2 is 2.00 bits per heavy atom. The van der Waals surface area contributed by atoms with Gasteiger partial charge in [-0.15, -0.1) is 11.8 Å². The molecule has 1 aliphatic heterocycles. The first-order valence-corrected chi connectivity index (χ1v) is 10.4. The smallest absolute Gasteiger partial charge is 0.244 e. The van der Waals surface area contributed by atoms with Crippen LogP contribution in [0.2, 0.25) is 10.0 Å². The molecule has 2 aromatic carbocycles. The molecule has 7 heteroatoms. The summed E-state index contributed by atoms with van der Waals surface area (Å²) in [5.41, 5.74) is 1.63. The van der Waals surface area contributed by atoms with E-state index in [1.807, 2.05) is 31.2 Å². The van der Waals surface area contributed by atoms with Crippen LogP contribution in [0, 0.1) is 0 Å². The van der Waals surface area contributed by atoms with E-state index in [2.05, 4.69) is 5.32 Å². The number of amides is 2. The fourth-order valence-corrected chi connectivity index (χ4v) is 4.63. The molecule has 4 nitrogen and oxygen atoms in total. The summed E-state index contributed by atoms with van der Waals surface area (Å²) in [6.07, 6.45) is 1.48. The maximum Gasteiger partial charge on any atom is 0.244 e. The van der Waals surface area contributed by atoms with E-state index < -0.39 is 0 Å². The van der Waals surface area contributed by atoms with Crippen LogP contribution in [0.1, 0.15) is 18.9 Å². The molecule has 0 spiro atoms. The van der Waals surface area contributed by atoms with Crippen molar-refractivity contribution in [2.45, 2.75) is 29.9 Å². The monoisotopic (exact) mass is 422 g/mol. The van der Waals surface area contributed by atoms with E-state index in [-0.39, 0.29) is 23.6 Å². The average Bonchev–Trinajstić information content (AvgIpc) is 3.08. The fraction of sp³-hybridized carbons (Fsp3) is 0.300. The molecule has 27 heavy (non-hydrogen) atoms. The first-order valence-electron chi connectivity index (χ1n) is 8.76. The number of hydrogen-bond acceptors (Lipinski definition) is 3. The molecular formula is C20H20Cl2N2O2S.